The number of halogens is 3. The molecule has 1 atom stereocenters. The van der Waals surface area contributed by atoms with E-state index in [9.17, 15) is 22.8 Å². The van der Waals surface area contributed by atoms with Crippen LogP contribution in [0, 0.1) is 5.41 Å². The van der Waals surface area contributed by atoms with Crippen LogP contribution in [0.2, 0.25) is 0 Å². The van der Waals surface area contributed by atoms with E-state index in [1.807, 2.05) is 62.4 Å². The first-order valence-electron chi connectivity index (χ1n) is 12.2. The first-order chi connectivity index (χ1) is 17.5. The molecule has 7 heteroatoms. The smallest absolute Gasteiger partial charge is 0.357 e. The van der Waals surface area contributed by atoms with Gasteiger partial charge in [0.2, 0.25) is 5.91 Å². The Morgan fingerprint density at radius 2 is 1.59 bits per heavy atom. The van der Waals surface area contributed by atoms with Crippen LogP contribution in [-0.2, 0) is 22.2 Å². The second-order valence-corrected chi connectivity index (χ2v) is 10.4. The maximum absolute atomic E-state index is 14.0. The molecule has 3 aromatic rings. The predicted molar refractivity (Wildman–Crippen MR) is 137 cm³/mol. The first kappa shape index (κ1) is 24.8. The Hall–Kier alpha value is -3.87. The number of anilines is 2. The number of rotatable bonds is 3. The molecule has 0 fully saturated rings. The number of hydrogen-bond acceptors (Lipinski definition) is 3. The van der Waals surface area contributed by atoms with Crippen molar-refractivity contribution in [1.29, 1.82) is 0 Å². The molecular formula is C30H27F3N2O2. The van der Waals surface area contributed by atoms with Crippen molar-refractivity contribution in [1.82, 2.24) is 0 Å². The molecule has 0 spiro atoms. The molecule has 0 saturated heterocycles. The summed E-state index contributed by atoms with van der Waals surface area (Å²) in [4.78, 5) is 29.2. The summed E-state index contributed by atoms with van der Waals surface area (Å²) in [5, 5.41) is 3.42. The van der Waals surface area contributed by atoms with Crippen molar-refractivity contribution in [2.75, 3.05) is 10.2 Å². The van der Waals surface area contributed by atoms with Crippen LogP contribution in [0.1, 0.15) is 49.4 Å². The van der Waals surface area contributed by atoms with Crippen LogP contribution in [0.3, 0.4) is 0 Å². The highest BCUT2D eigenvalue weighted by Gasteiger charge is 2.43. The highest BCUT2D eigenvalue weighted by molar-refractivity contribution is 6.06. The topological polar surface area (TPSA) is 49.4 Å². The number of carbonyl (C=O) groups is 2. The van der Waals surface area contributed by atoms with E-state index in [-0.39, 0.29) is 29.9 Å². The quantitative estimate of drug-likeness (QED) is 0.414. The monoisotopic (exact) mass is 504 g/mol. The second-order valence-electron chi connectivity index (χ2n) is 10.4. The van der Waals surface area contributed by atoms with Crippen LogP contribution in [-0.4, -0.2) is 11.7 Å². The Morgan fingerprint density at radius 3 is 2.27 bits per heavy atom. The molecule has 0 saturated carbocycles. The molecule has 2 aliphatic rings. The van der Waals surface area contributed by atoms with Gasteiger partial charge < -0.3 is 5.32 Å². The standard InChI is InChI=1S/C30H27F3N2O2/c1-29(2)17-23-27(25(36)18-29)28(20-12-14-21(15-13-20)30(31,32)33)35(24-11-7-6-10-22(24)34-23)26(37)16-19-8-4-3-5-9-19/h3-15,28,34H,16-18H2,1-2H3. The van der Waals surface area contributed by atoms with Crippen molar-refractivity contribution in [3.05, 3.63) is 107 Å². The van der Waals surface area contributed by atoms with Gasteiger partial charge in [-0.3, -0.25) is 14.5 Å². The van der Waals surface area contributed by atoms with Gasteiger partial charge in [-0.1, -0.05) is 68.4 Å². The van der Waals surface area contributed by atoms with Crippen molar-refractivity contribution in [2.24, 2.45) is 5.41 Å². The zero-order valence-electron chi connectivity index (χ0n) is 20.6. The van der Waals surface area contributed by atoms with E-state index in [0.717, 1.165) is 17.7 Å². The molecule has 1 N–H and O–H groups in total. The minimum atomic E-state index is -4.49. The highest BCUT2D eigenvalue weighted by Crippen LogP contribution is 2.48. The molecule has 0 bridgehead atoms. The van der Waals surface area contributed by atoms with Gasteiger partial charge in [0.1, 0.15) is 0 Å². The molecule has 37 heavy (non-hydrogen) atoms. The van der Waals surface area contributed by atoms with Gasteiger partial charge in [0.25, 0.3) is 0 Å². The van der Waals surface area contributed by atoms with Crippen molar-refractivity contribution in [3.63, 3.8) is 0 Å². The summed E-state index contributed by atoms with van der Waals surface area (Å²) in [6.45, 7) is 4.03. The molecule has 1 heterocycles. The number of alkyl halides is 3. The summed E-state index contributed by atoms with van der Waals surface area (Å²) in [6.07, 6.45) is -3.56. The van der Waals surface area contributed by atoms with Crippen molar-refractivity contribution in [3.8, 4) is 0 Å². The third kappa shape index (κ3) is 4.90. The third-order valence-electron chi connectivity index (χ3n) is 6.92. The molecule has 1 amide bonds. The van der Waals surface area contributed by atoms with Crippen molar-refractivity contribution in [2.45, 2.75) is 45.3 Å². The lowest BCUT2D eigenvalue weighted by atomic mass is 9.73. The second kappa shape index (κ2) is 9.21. The van der Waals surface area contributed by atoms with Crippen molar-refractivity contribution < 1.29 is 22.8 Å². The minimum absolute atomic E-state index is 0.0780. The van der Waals surface area contributed by atoms with Crippen LogP contribution in [0.4, 0.5) is 24.5 Å². The van der Waals surface area contributed by atoms with Crippen LogP contribution in [0.15, 0.2) is 90.1 Å². The number of benzene rings is 3. The summed E-state index contributed by atoms with van der Waals surface area (Å²) in [5.74, 6) is -0.370. The Bertz CT molecular complexity index is 1380. The average Bonchev–Trinajstić information content (AvgIpc) is 2.98. The molecule has 1 aliphatic carbocycles. The summed E-state index contributed by atoms with van der Waals surface area (Å²) in [7, 11) is 0. The minimum Gasteiger partial charge on any atom is -0.357 e. The average molecular weight is 505 g/mol. The van der Waals surface area contributed by atoms with E-state index in [4.69, 9.17) is 0 Å². The summed E-state index contributed by atoms with van der Waals surface area (Å²) in [5.41, 5.74) is 2.56. The summed E-state index contributed by atoms with van der Waals surface area (Å²) < 4.78 is 40.0. The van der Waals surface area contributed by atoms with E-state index >= 15 is 0 Å². The largest absolute Gasteiger partial charge is 0.416 e. The Kier molecular flexibility index (Phi) is 6.18. The van der Waals surface area contributed by atoms with Gasteiger partial charge in [-0.2, -0.15) is 13.2 Å². The van der Waals surface area contributed by atoms with Gasteiger partial charge in [0.05, 0.1) is 29.4 Å². The SMILES string of the molecule is CC1(C)CC(=O)C2=C(C1)Nc1ccccc1N(C(=O)Cc1ccccc1)C2c1ccc(C(F)(F)F)cc1. The molecule has 5 rings (SSSR count). The molecule has 4 nitrogen and oxygen atoms in total. The molecular weight excluding hydrogens is 477 g/mol. The van der Waals surface area contributed by atoms with Gasteiger partial charge in [0.15, 0.2) is 5.78 Å². The molecule has 0 aromatic heterocycles. The van der Waals surface area contributed by atoms with E-state index in [1.54, 1.807) is 11.0 Å². The Morgan fingerprint density at radius 1 is 0.946 bits per heavy atom. The van der Waals surface area contributed by atoms with Gasteiger partial charge in [-0.25, -0.2) is 0 Å². The van der Waals surface area contributed by atoms with Gasteiger partial charge >= 0.3 is 6.18 Å². The Labute approximate surface area is 213 Å². The number of Topliss-reactive ketones (excluding diaryl/α,β-unsaturated/α-hetero) is 1. The fourth-order valence-corrected chi connectivity index (χ4v) is 5.29. The molecule has 1 unspecified atom stereocenters. The highest BCUT2D eigenvalue weighted by atomic mass is 19.4. The zero-order chi connectivity index (χ0) is 26.4. The van der Waals surface area contributed by atoms with E-state index in [0.29, 0.717) is 34.6 Å². The van der Waals surface area contributed by atoms with Crippen molar-refractivity contribution >= 4 is 23.1 Å². The lowest BCUT2D eigenvalue weighted by Gasteiger charge is -2.37. The first-order valence-corrected chi connectivity index (χ1v) is 12.2. The number of allylic oxidation sites excluding steroid dienone is 1. The lowest BCUT2D eigenvalue weighted by molar-refractivity contribution is -0.137. The van der Waals surface area contributed by atoms with E-state index in [1.165, 1.54) is 12.1 Å². The van der Waals surface area contributed by atoms with Crippen LogP contribution in [0.5, 0.6) is 0 Å². The van der Waals surface area contributed by atoms with Gasteiger partial charge in [-0.05, 0) is 47.2 Å². The fraction of sp³-hybridized carbons (Fsp3) is 0.267. The maximum atomic E-state index is 14.0. The maximum Gasteiger partial charge on any atom is 0.416 e. The normalized spacial score (nSPS) is 19.0. The zero-order valence-corrected chi connectivity index (χ0v) is 20.6. The number of para-hydroxylation sites is 2. The number of carbonyl (C=O) groups excluding carboxylic acids is 2. The van der Waals surface area contributed by atoms with Gasteiger partial charge in [0, 0.05) is 17.7 Å². The van der Waals surface area contributed by atoms with Crippen LogP contribution >= 0.6 is 0 Å². The van der Waals surface area contributed by atoms with Crippen LogP contribution in [0.25, 0.3) is 0 Å². The predicted octanol–water partition coefficient (Wildman–Crippen LogP) is 7.09. The number of nitrogens with zero attached hydrogens (tertiary/aromatic N) is 1. The van der Waals surface area contributed by atoms with Crippen LogP contribution < -0.4 is 10.2 Å². The number of fused-ring (bicyclic) bond motifs is 1. The number of amides is 1. The van der Waals surface area contributed by atoms with E-state index in [2.05, 4.69) is 5.32 Å². The summed E-state index contributed by atoms with van der Waals surface area (Å²) in [6, 6.07) is 20.5. The summed E-state index contributed by atoms with van der Waals surface area (Å²) >= 11 is 0. The Balaban J connectivity index is 1.71. The molecule has 190 valence electrons. The fourth-order valence-electron chi connectivity index (χ4n) is 5.29. The molecule has 0 radical (unpaired) electrons. The number of nitrogens with one attached hydrogen (secondary N) is 1. The third-order valence-corrected chi connectivity index (χ3v) is 6.92. The van der Waals surface area contributed by atoms with Gasteiger partial charge in [-0.15, -0.1) is 0 Å². The number of hydrogen-bond donors (Lipinski definition) is 1. The molecule has 3 aromatic carbocycles. The van der Waals surface area contributed by atoms with E-state index < -0.39 is 17.8 Å². The lowest BCUT2D eigenvalue weighted by Crippen LogP contribution is -2.40. The molecule has 1 aliphatic heterocycles. The number of ketones is 1.